The Morgan fingerprint density at radius 2 is 2.22 bits per heavy atom. The second-order valence-corrected chi connectivity index (χ2v) is 5.34. The van der Waals surface area contributed by atoms with E-state index in [2.05, 4.69) is 10.6 Å². The monoisotopic (exact) mass is 254 g/mol. The minimum absolute atomic E-state index is 0.365. The summed E-state index contributed by atoms with van der Waals surface area (Å²) >= 11 is 0. The van der Waals surface area contributed by atoms with E-state index in [4.69, 9.17) is 0 Å². The van der Waals surface area contributed by atoms with Gasteiger partial charge in [-0.05, 0) is 50.9 Å². The van der Waals surface area contributed by atoms with Gasteiger partial charge < -0.3 is 10.6 Å². The van der Waals surface area contributed by atoms with Crippen LogP contribution < -0.4 is 10.6 Å². The Balaban J connectivity index is 2.01. The van der Waals surface area contributed by atoms with Gasteiger partial charge in [0.2, 0.25) is 0 Å². The number of benzene rings is 1. The molecule has 1 saturated heterocycles. The first-order valence-electron chi connectivity index (χ1n) is 6.43. The van der Waals surface area contributed by atoms with Crippen molar-refractivity contribution in [2.75, 3.05) is 18.4 Å². The highest BCUT2D eigenvalue weighted by Gasteiger charge is 2.20. The highest BCUT2D eigenvalue weighted by molar-refractivity contribution is 5.47. The fourth-order valence-electron chi connectivity index (χ4n) is 2.19. The standard InChI is InChI=1S/C14H20F2N2/c1-14(2,16)10-5-6-13(12(15)8-10)18-9-11-4-3-7-17-11/h5-6,8,11,17-18H,3-4,7,9H2,1-2H3. The van der Waals surface area contributed by atoms with Gasteiger partial charge >= 0.3 is 0 Å². The predicted octanol–water partition coefficient (Wildman–Crippen LogP) is 3.19. The van der Waals surface area contributed by atoms with Crippen molar-refractivity contribution in [3.8, 4) is 0 Å². The molecule has 1 unspecified atom stereocenters. The fraction of sp³-hybridized carbons (Fsp3) is 0.571. The number of alkyl halides is 1. The van der Waals surface area contributed by atoms with Crippen molar-refractivity contribution < 1.29 is 8.78 Å². The molecule has 100 valence electrons. The van der Waals surface area contributed by atoms with Crippen molar-refractivity contribution in [3.63, 3.8) is 0 Å². The molecule has 18 heavy (non-hydrogen) atoms. The van der Waals surface area contributed by atoms with Crippen molar-refractivity contribution >= 4 is 5.69 Å². The van der Waals surface area contributed by atoms with Crippen molar-refractivity contribution in [2.45, 2.75) is 38.4 Å². The quantitative estimate of drug-likeness (QED) is 0.862. The molecule has 2 N–H and O–H groups in total. The minimum atomic E-state index is -1.51. The molecular weight excluding hydrogens is 234 g/mol. The molecule has 2 nitrogen and oxygen atoms in total. The molecule has 1 aliphatic rings. The third-order valence-electron chi connectivity index (χ3n) is 3.36. The molecule has 1 fully saturated rings. The largest absolute Gasteiger partial charge is 0.381 e. The van der Waals surface area contributed by atoms with Gasteiger partial charge in [-0.15, -0.1) is 0 Å². The minimum Gasteiger partial charge on any atom is -0.381 e. The van der Waals surface area contributed by atoms with E-state index in [1.807, 2.05) is 0 Å². The zero-order valence-electron chi connectivity index (χ0n) is 10.9. The normalized spacial score (nSPS) is 20.1. The lowest BCUT2D eigenvalue weighted by atomic mass is 10.00. The Labute approximate surface area is 107 Å². The average molecular weight is 254 g/mol. The summed E-state index contributed by atoms with van der Waals surface area (Å²) in [5.41, 5.74) is -0.701. The number of hydrogen-bond donors (Lipinski definition) is 2. The molecule has 4 heteroatoms. The second kappa shape index (κ2) is 5.22. The van der Waals surface area contributed by atoms with Gasteiger partial charge in [0, 0.05) is 12.6 Å². The Bertz CT molecular complexity index is 407. The van der Waals surface area contributed by atoms with E-state index in [1.54, 1.807) is 12.1 Å². The van der Waals surface area contributed by atoms with Crippen LogP contribution in [-0.2, 0) is 5.67 Å². The maximum absolute atomic E-state index is 13.8. The van der Waals surface area contributed by atoms with Gasteiger partial charge in [0.25, 0.3) is 0 Å². The Morgan fingerprint density at radius 3 is 2.78 bits per heavy atom. The van der Waals surface area contributed by atoms with Crippen molar-refractivity contribution in [2.24, 2.45) is 0 Å². The van der Waals surface area contributed by atoms with Gasteiger partial charge in [-0.3, -0.25) is 0 Å². The van der Waals surface area contributed by atoms with E-state index < -0.39 is 11.5 Å². The molecule has 0 aliphatic carbocycles. The van der Waals surface area contributed by atoms with E-state index >= 15 is 0 Å². The first kappa shape index (κ1) is 13.3. The molecule has 1 heterocycles. The predicted molar refractivity (Wildman–Crippen MR) is 70.0 cm³/mol. The van der Waals surface area contributed by atoms with Gasteiger partial charge in [-0.1, -0.05) is 6.07 Å². The van der Waals surface area contributed by atoms with E-state index in [9.17, 15) is 8.78 Å². The zero-order valence-corrected chi connectivity index (χ0v) is 10.9. The van der Waals surface area contributed by atoms with Crippen LogP contribution in [0.15, 0.2) is 18.2 Å². The van der Waals surface area contributed by atoms with Crippen LogP contribution >= 0.6 is 0 Å². The zero-order chi connectivity index (χ0) is 13.2. The summed E-state index contributed by atoms with van der Waals surface area (Å²) in [6.07, 6.45) is 2.29. The van der Waals surface area contributed by atoms with Crippen LogP contribution in [0.1, 0.15) is 32.3 Å². The Kier molecular flexibility index (Phi) is 3.85. The number of halogens is 2. The molecule has 1 atom stereocenters. The SMILES string of the molecule is CC(C)(F)c1ccc(NCC2CCCN2)c(F)c1. The van der Waals surface area contributed by atoms with Gasteiger partial charge in [0.15, 0.2) is 0 Å². The molecule has 0 aromatic heterocycles. The maximum Gasteiger partial charge on any atom is 0.146 e. The molecule has 0 radical (unpaired) electrons. The molecule has 0 bridgehead atoms. The summed E-state index contributed by atoms with van der Waals surface area (Å²) in [4.78, 5) is 0. The first-order chi connectivity index (χ1) is 8.47. The summed E-state index contributed by atoms with van der Waals surface area (Å²) in [7, 11) is 0. The third kappa shape index (κ3) is 3.19. The highest BCUT2D eigenvalue weighted by Crippen LogP contribution is 2.27. The Morgan fingerprint density at radius 1 is 1.44 bits per heavy atom. The summed E-state index contributed by atoms with van der Waals surface area (Å²) in [6, 6.07) is 4.92. The summed E-state index contributed by atoms with van der Waals surface area (Å²) in [6.45, 7) is 4.59. The lowest BCUT2D eigenvalue weighted by Crippen LogP contribution is -2.29. The number of rotatable bonds is 4. The van der Waals surface area contributed by atoms with Crippen LogP contribution in [0.2, 0.25) is 0 Å². The van der Waals surface area contributed by atoms with Crippen LogP contribution in [0.4, 0.5) is 14.5 Å². The van der Waals surface area contributed by atoms with Gasteiger partial charge in [-0.25, -0.2) is 8.78 Å². The van der Waals surface area contributed by atoms with Crippen molar-refractivity contribution in [1.82, 2.24) is 5.32 Å². The Hall–Kier alpha value is -1.16. The van der Waals surface area contributed by atoms with E-state index in [0.717, 1.165) is 13.0 Å². The summed E-state index contributed by atoms with van der Waals surface area (Å²) < 4.78 is 27.5. The van der Waals surface area contributed by atoms with Crippen molar-refractivity contribution in [3.05, 3.63) is 29.6 Å². The summed E-state index contributed by atoms with van der Waals surface area (Å²) in [5.74, 6) is -0.392. The summed E-state index contributed by atoms with van der Waals surface area (Å²) in [5, 5.41) is 6.41. The van der Waals surface area contributed by atoms with E-state index in [0.29, 0.717) is 23.8 Å². The van der Waals surface area contributed by atoms with Gasteiger partial charge in [0.1, 0.15) is 11.5 Å². The molecule has 2 rings (SSSR count). The van der Waals surface area contributed by atoms with Crippen LogP contribution in [-0.4, -0.2) is 19.1 Å². The van der Waals surface area contributed by atoms with Crippen LogP contribution in [0.5, 0.6) is 0 Å². The van der Waals surface area contributed by atoms with E-state index in [1.165, 1.54) is 26.3 Å². The third-order valence-corrected chi connectivity index (χ3v) is 3.36. The first-order valence-corrected chi connectivity index (χ1v) is 6.43. The van der Waals surface area contributed by atoms with Gasteiger partial charge in [0.05, 0.1) is 5.69 Å². The fourth-order valence-corrected chi connectivity index (χ4v) is 2.19. The topological polar surface area (TPSA) is 24.1 Å². The smallest absolute Gasteiger partial charge is 0.146 e. The second-order valence-electron chi connectivity index (χ2n) is 5.34. The lowest BCUT2D eigenvalue weighted by Gasteiger charge is -2.17. The molecule has 1 aromatic carbocycles. The lowest BCUT2D eigenvalue weighted by molar-refractivity contribution is 0.221. The highest BCUT2D eigenvalue weighted by atomic mass is 19.1. The van der Waals surface area contributed by atoms with Gasteiger partial charge in [-0.2, -0.15) is 0 Å². The maximum atomic E-state index is 13.8. The van der Waals surface area contributed by atoms with Crippen molar-refractivity contribution in [1.29, 1.82) is 0 Å². The average Bonchev–Trinajstić information content (AvgIpc) is 2.79. The number of hydrogen-bond acceptors (Lipinski definition) is 2. The van der Waals surface area contributed by atoms with Crippen LogP contribution in [0.3, 0.4) is 0 Å². The molecule has 1 aromatic rings. The molecular formula is C14H20F2N2. The van der Waals surface area contributed by atoms with Crippen LogP contribution in [0, 0.1) is 5.82 Å². The molecule has 0 amide bonds. The number of nitrogens with one attached hydrogen (secondary N) is 2. The molecule has 0 saturated carbocycles. The molecule has 1 aliphatic heterocycles. The molecule has 0 spiro atoms. The number of anilines is 1. The van der Waals surface area contributed by atoms with Crippen LogP contribution in [0.25, 0.3) is 0 Å². The van der Waals surface area contributed by atoms with E-state index in [-0.39, 0.29) is 0 Å².